The van der Waals surface area contributed by atoms with Gasteiger partial charge in [0, 0.05) is 0 Å². The van der Waals surface area contributed by atoms with Crippen LogP contribution in [0, 0.1) is 17.8 Å². The number of hydrogen-bond acceptors (Lipinski definition) is 2. The van der Waals surface area contributed by atoms with Gasteiger partial charge in [0.25, 0.3) is 0 Å². The number of rotatable bonds is 5. The zero-order valence-electron chi connectivity index (χ0n) is 8.47. The molecule has 0 spiro atoms. The van der Waals surface area contributed by atoms with Gasteiger partial charge in [0.2, 0.25) is 0 Å². The molecule has 2 unspecified atom stereocenters. The lowest BCUT2D eigenvalue weighted by molar-refractivity contribution is 0.372. The van der Waals surface area contributed by atoms with Crippen LogP contribution in [0.4, 0.5) is 0 Å². The van der Waals surface area contributed by atoms with Gasteiger partial charge in [0.15, 0.2) is 0 Å². The van der Waals surface area contributed by atoms with Crippen LogP contribution in [0.1, 0.15) is 32.1 Å². The van der Waals surface area contributed by atoms with Gasteiger partial charge in [-0.05, 0) is 63.1 Å². The Balaban J connectivity index is 1.61. The SMILES string of the molecule is NCC1CCCC1CNCC1CC1. The molecule has 0 aliphatic heterocycles. The minimum Gasteiger partial charge on any atom is -0.330 e. The van der Waals surface area contributed by atoms with Crippen LogP contribution in [0.25, 0.3) is 0 Å². The van der Waals surface area contributed by atoms with E-state index in [0.29, 0.717) is 0 Å². The van der Waals surface area contributed by atoms with Gasteiger partial charge in [0.1, 0.15) is 0 Å². The zero-order chi connectivity index (χ0) is 9.10. The summed E-state index contributed by atoms with van der Waals surface area (Å²) in [6, 6.07) is 0. The van der Waals surface area contributed by atoms with E-state index in [4.69, 9.17) is 5.73 Å². The average Bonchev–Trinajstić information content (AvgIpc) is 2.84. The van der Waals surface area contributed by atoms with Crippen LogP contribution in [0.15, 0.2) is 0 Å². The molecule has 13 heavy (non-hydrogen) atoms. The zero-order valence-corrected chi connectivity index (χ0v) is 8.47. The molecule has 2 fully saturated rings. The molecular weight excluding hydrogens is 160 g/mol. The topological polar surface area (TPSA) is 38.0 Å². The standard InChI is InChI=1S/C11H22N2/c12-6-10-2-1-3-11(10)8-13-7-9-4-5-9/h9-11,13H,1-8,12H2. The Bertz CT molecular complexity index is 154. The van der Waals surface area contributed by atoms with Crippen LogP contribution in [0.2, 0.25) is 0 Å². The van der Waals surface area contributed by atoms with Gasteiger partial charge in [-0.15, -0.1) is 0 Å². The van der Waals surface area contributed by atoms with E-state index in [2.05, 4.69) is 5.32 Å². The van der Waals surface area contributed by atoms with Crippen molar-refractivity contribution in [1.29, 1.82) is 0 Å². The van der Waals surface area contributed by atoms with Crippen molar-refractivity contribution in [2.75, 3.05) is 19.6 Å². The lowest BCUT2D eigenvalue weighted by Gasteiger charge is -2.18. The molecule has 76 valence electrons. The second kappa shape index (κ2) is 4.43. The first-order valence-corrected chi connectivity index (χ1v) is 5.81. The fourth-order valence-electron chi connectivity index (χ4n) is 2.49. The molecule has 0 aromatic rings. The van der Waals surface area contributed by atoms with Crippen LogP contribution in [0.5, 0.6) is 0 Å². The first kappa shape index (κ1) is 9.47. The highest BCUT2D eigenvalue weighted by atomic mass is 14.9. The maximum absolute atomic E-state index is 5.74. The molecule has 0 aromatic carbocycles. The van der Waals surface area contributed by atoms with Crippen molar-refractivity contribution in [3.63, 3.8) is 0 Å². The molecule has 0 radical (unpaired) electrons. The van der Waals surface area contributed by atoms with Crippen LogP contribution >= 0.6 is 0 Å². The van der Waals surface area contributed by atoms with Crippen molar-refractivity contribution >= 4 is 0 Å². The molecule has 0 bridgehead atoms. The van der Waals surface area contributed by atoms with E-state index >= 15 is 0 Å². The molecule has 2 rings (SSSR count). The van der Waals surface area contributed by atoms with Gasteiger partial charge >= 0.3 is 0 Å². The fraction of sp³-hybridized carbons (Fsp3) is 1.00. The molecule has 2 atom stereocenters. The lowest BCUT2D eigenvalue weighted by atomic mass is 9.96. The predicted octanol–water partition coefficient (Wildman–Crippen LogP) is 1.36. The van der Waals surface area contributed by atoms with Crippen LogP contribution in [0.3, 0.4) is 0 Å². The summed E-state index contributed by atoms with van der Waals surface area (Å²) in [6.07, 6.45) is 7.08. The molecule has 3 N–H and O–H groups in total. The van der Waals surface area contributed by atoms with E-state index in [1.807, 2.05) is 0 Å². The Morgan fingerprint density at radius 1 is 1.00 bits per heavy atom. The number of hydrogen-bond donors (Lipinski definition) is 2. The van der Waals surface area contributed by atoms with Crippen molar-refractivity contribution in [3.05, 3.63) is 0 Å². The summed E-state index contributed by atoms with van der Waals surface area (Å²) in [6.45, 7) is 3.38. The summed E-state index contributed by atoms with van der Waals surface area (Å²) in [5.41, 5.74) is 5.74. The molecule has 0 heterocycles. The maximum Gasteiger partial charge on any atom is -0.00173 e. The van der Waals surface area contributed by atoms with Crippen molar-refractivity contribution in [2.24, 2.45) is 23.5 Å². The Hall–Kier alpha value is -0.0800. The van der Waals surface area contributed by atoms with Crippen LogP contribution in [-0.2, 0) is 0 Å². The quantitative estimate of drug-likeness (QED) is 0.674. The maximum atomic E-state index is 5.74. The monoisotopic (exact) mass is 182 g/mol. The minimum absolute atomic E-state index is 0.812. The fourth-order valence-corrected chi connectivity index (χ4v) is 2.49. The van der Waals surface area contributed by atoms with E-state index in [9.17, 15) is 0 Å². The summed E-state index contributed by atoms with van der Waals surface area (Å²) in [5.74, 6) is 2.70. The first-order valence-electron chi connectivity index (χ1n) is 5.81. The van der Waals surface area contributed by atoms with E-state index < -0.39 is 0 Å². The largest absolute Gasteiger partial charge is 0.330 e. The Kier molecular flexibility index (Phi) is 3.23. The number of nitrogens with one attached hydrogen (secondary N) is 1. The molecule has 2 aliphatic rings. The molecule has 2 nitrogen and oxygen atoms in total. The van der Waals surface area contributed by atoms with Crippen molar-refractivity contribution in [2.45, 2.75) is 32.1 Å². The molecule has 0 amide bonds. The first-order chi connectivity index (χ1) is 6.40. The molecular formula is C11H22N2. The molecule has 2 aliphatic carbocycles. The van der Waals surface area contributed by atoms with Crippen molar-refractivity contribution < 1.29 is 0 Å². The molecule has 0 saturated heterocycles. The summed E-state index contributed by atoms with van der Waals surface area (Å²) in [7, 11) is 0. The van der Waals surface area contributed by atoms with Gasteiger partial charge in [-0.2, -0.15) is 0 Å². The Labute approximate surface area is 81.3 Å². The summed E-state index contributed by atoms with van der Waals surface area (Å²) < 4.78 is 0. The summed E-state index contributed by atoms with van der Waals surface area (Å²) in [4.78, 5) is 0. The van der Waals surface area contributed by atoms with Crippen LogP contribution < -0.4 is 11.1 Å². The number of nitrogens with two attached hydrogens (primary N) is 1. The third kappa shape index (κ3) is 2.68. The normalized spacial score (nSPS) is 33.9. The van der Waals surface area contributed by atoms with E-state index in [1.54, 1.807) is 0 Å². The summed E-state index contributed by atoms with van der Waals surface area (Å²) >= 11 is 0. The summed E-state index contributed by atoms with van der Waals surface area (Å²) in [5, 5.41) is 3.60. The van der Waals surface area contributed by atoms with E-state index in [1.165, 1.54) is 45.2 Å². The third-order valence-electron chi connectivity index (χ3n) is 3.66. The lowest BCUT2D eigenvalue weighted by Crippen LogP contribution is -2.29. The van der Waals surface area contributed by atoms with Gasteiger partial charge in [-0.1, -0.05) is 6.42 Å². The van der Waals surface area contributed by atoms with E-state index in [0.717, 1.165) is 24.3 Å². The molecule has 2 saturated carbocycles. The van der Waals surface area contributed by atoms with Gasteiger partial charge in [-0.3, -0.25) is 0 Å². The third-order valence-corrected chi connectivity index (χ3v) is 3.66. The predicted molar refractivity (Wildman–Crippen MR) is 55.5 cm³/mol. The van der Waals surface area contributed by atoms with Gasteiger partial charge in [0.05, 0.1) is 0 Å². The van der Waals surface area contributed by atoms with Crippen molar-refractivity contribution in [1.82, 2.24) is 5.32 Å². The highest BCUT2D eigenvalue weighted by molar-refractivity contribution is 4.81. The second-order valence-corrected chi connectivity index (χ2v) is 4.79. The Morgan fingerprint density at radius 3 is 2.46 bits per heavy atom. The smallest absolute Gasteiger partial charge is 0.00173 e. The average molecular weight is 182 g/mol. The van der Waals surface area contributed by atoms with Gasteiger partial charge in [-0.25, -0.2) is 0 Å². The van der Waals surface area contributed by atoms with Crippen LogP contribution in [-0.4, -0.2) is 19.6 Å². The molecule has 0 aromatic heterocycles. The minimum atomic E-state index is 0.812. The molecule has 2 heteroatoms. The Morgan fingerprint density at radius 2 is 1.77 bits per heavy atom. The van der Waals surface area contributed by atoms with Crippen molar-refractivity contribution in [3.8, 4) is 0 Å². The highest BCUT2D eigenvalue weighted by Gasteiger charge is 2.26. The van der Waals surface area contributed by atoms with Gasteiger partial charge < -0.3 is 11.1 Å². The highest BCUT2D eigenvalue weighted by Crippen LogP contribution is 2.31. The second-order valence-electron chi connectivity index (χ2n) is 4.79. The van der Waals surface area contributed by atoms with E-state index in [-0.39, 0.29) is 0 Å².